The van der Waals surface area contributed by atoms with E-state index in [0.717, 1.165) is 5.56 Å². The Balaban J connectivity index is 2.46. The van der Waals surface area contributed by atoms with Gasteiger partial charge in [-0.05, 0) is 17.0 Å². The molecule has 1 aromatic carbocycles. The van der Waals surface area contributed by atoms with Crippen LogP contribution >= 0.6 is 11.8 Å². The summed E-state index contributed by atoms with van der Waals surface area (Å²) in [6.45, 7) is 1.38. The van der Waals surface area contributed by atoms with Crippen molar-refractivity contribution < 1.29 is 14.3 Å². The molecule has 0 aliphatic rings. The monoisotopic (exact) mass is 279 g/mol. The molecule has 1 N–H and O–H groups in total. The highest BCUT2D eigenvalue weighted by atomic mass is 32.2. The van der Waals surface area contributed by atoms with Crippen LogP contribution in [0.5, 0.6) is 0 Å². The third-order valence-electron chi connectivity index (χ3n) is 2.28. The molecular formula is C14H17NO3S. The highest BCUT2D eigenvalue weighted by molar-refractivity contribution is 8.02. The molecule has 0 aliphatic carbocycles. The van der Waals surface area contributed by atoms with Crippen LogP contribution in [0.25, 0.3) is 6.08 Å². The summed E-state index contributed by atoms with van der Waals surface area (Å²) in [5.41, 5.74) is 1.09. The molecule has 1 amide bonds. The van der Waals surface area contributed by atoms with Crippen molar-refractivity contribution in [1.29, 1.82) is 0 Å². The first-order chi connectivity index (χ1) is 9.13. The van der Waals surface area contributed by atoms with Crippen molar-refractivity contribution in [1.82, 2.24) is 5.32 Å². The second kappa shape index (κ2) is 8.37. The highest BCUT2D eigenvalue weighted by Gasteiger charge is 2.19. The van der Waals surface area contributed by atoms with Gasteiger partial charge in [0.25, 0.3) is 0 Å². The van der Waals surface area contributed by atoms with Gasteiger partial charge >= 0.3 is 5.97 Å². The van der Waals surface area contributed by atoms with E-state index in [1.54, 1.807) is 0 Å². The number of carbonyl (C=O) groups excluding carboxylic acids is 2. The first-order valence-electron chi connectivity index (χ1n) is 5.81. The lowest BCUT2D eigenvalue weighted by atomic mass is 10.2. The van der Waals surface area contributed by atoms with Crippen LogP contribution in [0, 0.1) is 0 Å². The largest absolute Gasteiger partial charge is 0.467 e. The van der Waals surface area contributed by atoms with Crippen molar-refractivity contribution >= 4 is 29.7 Å². The fourth-order valence-corrected chi connectivity index (χ4v) is 2.18. The summed E-state index contributed by atoms with van der Waals surface area (Å²) in [7, 11) is 1.31. The second-order valence-corrected chi connectivity index (χ2v) is 4.76. The molecule has 1 atom stereocenters. The van der Waals surface area contributed by atoms with E-state index in [1.165, 1.54) is 25.8 Å². The summed E-state index contributed by atoms with van der Waals surface area (Å²) >= 11 is 1.45. The Morgan fingerprint density at radius 1 is 1.37 bits per heavy atom. The Bertz CT molecular complexity index is 445. The van der Waals surface area contributed by atoms with Crippen LogP contribution in [0.4, 0.5) is 0 Å². The molecule has 0 saturated heterocycles. The number of thioether (sulfide) groups is 1. The third-order valence-corrected chi connectivity index (χ3v) is 3.14. The minimum absolute atomic E-state index is 0.247. The highest BCUT2D eigenvalue weighted by Crippen LogP contribution is 2.10. The van der Waals surface area contributed by atoms with E-state index >= 15 is 0 Å². The molecule has 0 aliphatic heterocycles. The molecule has 0 radical (unpaired) electrons. The Kier molecular flexibility index (Phi) is 6.74. The average Bonchev–Trinajstić information content (AvgIpc) is 2.42. The Labute approximate surface area is 117 Å². The zero-order valence-corrected chi connectivity index (χ0v) is 11.8. The van der Waals surface area contributed by atoms with E-state index in [1.807, 2.05) is 41.8 Å². The summed E-state index contributed by atoms with van der Waals surface area (Å²) in [5, 5.41) is 4.46. The zero-order valence-electron chi connectivity index (χ0n) is 11.0. The van der Waals surface area contributed by atoms with E-state index in [2.05, 4.69) is 10.1 Å². The zero-order chi connectivity index (χ0) is 14.1. The van der Waals surface area contributed by atoms with Crippen LogP contribution in [0.3, 0.4) is 0 Å². The topological polar surface area (TPSA) is 55.4 Å². The third kappa shape index (κ3) is 6.10. The number of nitrogens with one attached hydrogen (secondary N) is 1. The SMILES string of the molecule is COC(=O)[C@H](CS/C=C\c1ccccc1)NC(C)=O. The van der Waals surface area contributed by atoms with Crippen molar-refractivity contribution in [2.75, 3.05) is 12.9 Å². The number of ether oxygens (including phenoxy) is 1. The number of hydrogen-bond acceptors (Lipinski definition) is 4. The van der Waals surface area contributed by atoms with Crippen molar-refractivity contribution in [3.05, 3.63) is 41.3 Å². The number of benzene rings is 1. The van der Waals surface area contributed by atoms with Gasteiger partial charge in [0.2, 0.25) is 5.91 Å². The van der Waals surface area contributed by atoms with E-state index in [4.69, 9.17) is 0 Å². The van der Waals surface area contributed by atoms with Crippen molar-refractivity contribution in [2.45, 2.75) is 13.0 Å². The van der Waals surface area contributed by atoms with Crippen LogP contribution in [-0.2, 0) is 14.3 Å². The predicted octanol–water partition coefficient (Wildman–Crippen LogP) is 2.07. The molecular weight excluding hydrogens is 262 g/mol. The smallest absolute Gasteiger partial charge is 0.329 e. The van der Waals surface area contributed by atoms with E-state index in [9.17, 15) is 9.59 Å². The fraction of sp³-hybridized carbons (Fsp3) is 0.286. The standard InChI is InChI=1S/C14H17NO3S/c1-11(16)15-13(14(17)18-2)10-19-9-8-12-6-4-3-5-7-12/h3-9,13H,10H2,1-2H3,(H,15,16)/b9-8-/t13-/m0/s1. The molecule has 102 valence electrons. The summed E-state index contributed by atoms with van der Waals surface area (Å²) in [6, 6.07) is 9.23. The Morgan fingerprint density at radius 3 is 2.63 bits per heavy atom. The molecule has 4 nitrogen and oxygen atoms in total. The summed E-state index contributed by atoms with van der Waals surface area (Å²) in [6.07, 6.45) is 1.95. The van der Waals surface area contributed by atoms with Crippen molar-refractivity contribution in [3.63, 3.8) is 0 Å². The van der Waals surface area contributed by atoms with Crippen LogP contribution in [0.15, 0.2) is 35.7 Å². The number of methoxy groups -OCH3 is 1. The lowest BCUT2D eigenvalue weighted by Crippen LogP contribution is -2.42. The minimum Gasteiger partial charge on any atom is -0.467 e. The number of esters is 1. The number of hydrogen-bond donors (Lipinski definition) is 1. The van der Waals surface area contributed by atoms with Crippen LogP contribution in [0.2, 0.25) is 0 Å². The molecule has 0 fully saturated rings. The first kappa shape index (κ1) is 15.3. The molecule has 0 saturated carbocycles. The van der Waals surface area contributed by atoms with Crippen LogP contribution in [0.1, 0.15) is 12.5 Å². The quantitative estimate of drug-likeness (QED) is 0.810. The Hall–Kier alpha value is -1.75. The molecule has 19 heavy (non-hydrogen) atoms. The van der Waals surface area contributed by atoms with Gasteiger partial charge < -0.3 is 10.1 Å². The predicted molar refractivity (Wildman–Crippen MR) is 77.6 cm³/mol. The minimum atomic E-state index is -0.618. The summed E-state index contributed by atoms with van der Waals surface area (Å²) in [4.78, 5) is 22.4. The van der Waals surface area contributed by atoms with E-state index in [-0.39, 0.29) is 5.91 Å². The maximum atomic E-state index is 11.4. The average molecular weight is 279 g/mol. The van der Waals surface area contributed by atoms with Crippen LogP contribution in [-0.4, -0.2) is 30.8 Å². The summed E-state index contributed by atoms with van der Waals surface area (Å²) in [5.74, 6) is -0.242. The number of rotatable bonds is 6. The lowest BCUT2D eigenvalue weighted by Gasteiger charge is -2.13. The van der Waals surface area contributed by atoms with E-state index in [0.29, 0.717) is 5.75 Å². The molecule has 0 heterocycles. The van der Waals surface area contributed by atoms with E-state index < -0.39 is 12.0 Å². The normalized spacial score (nSPS) is 12.1. The molecule has 1 rings (SSSR count). The maximum absolute atomic E-state index is 11.4. The van der Waals surface area contributed by atoms with Gasteiger partial charge in [0.1, 0.15) is 6.04 Å². The molecule has 0 aromatic heterocycles. The van der Waals surface area contributed by atoms with Crippen LogP contribution < -0.4 is 5.32 Å². The molecule has 5 heteroatoms. The lowest BCUT2D eigenvalue weighted by molar-refractivity contribution is -0.144. The van der Waals surface area contributed by atoms with Gasteiger partial charge in [0, 0.05) is 12.7 Å². The van der Waals surface area contributed by atoms with Crippen molar-refractivity contribution in [3.8, 4) is 0 Å². The van der Waals surface area contributed by atoms with Gasteiger partial charge in [0.15, 0.2) is 0 Å². The maximum Gasteiger partial charge on any atom is 0.329 e. The number of carbonyl (C=O) groups is 2. The molecule has 1 aromatic rings. The Morgan fingerprint density at radius 2 is 2.05 bits per heavy atom. The van der Waals surface area contributed by atoms with Gasteiger partial charge in [-0.2, -0.15) is 0 Å². The van der Waals surface area contributed by atoms with Gasteiger partial charge in [-0.3, -0.25) is 4.79 Å². The first-order valence-corrected chi connectivity index (χ1v) is 6.86. The second-order valence-electron chi connectivity index (χ2n) is 3.82. The van der Waals surface area contributed by atoms with Gasteiger partial charge in [-0.25, -0.2) is 4.79 Å². The molecule has 0 bridgehead atoms. The number of amides is 1. The fourth-order valence-electron chi connectivity index (χ4n) is 1.40. The van der Waals surface area contributed by atoms with Crippen molar-refractivity contribution in [2.24, 2.45) is 0 Å². The summed E-state index contributed by atoms with van der Waals surface area (Å²) < 4.78 is 4.64. The van der Waals surface area contributed by atoms with Gasteiger partial charge in [-0.15, -0.1) is 11.8 Å². The van der Waals surface area contributed by atoms with Gasteiger partial charge in [0.05, 0.1) is 7.11 Å². The van der Waals surface area contributed by atoms with Gasteiger partial charge in [-0.1, -0.05) is 30.3 Å². The molecule has 0 unspecified atom stereocenters. The molecule has 0 spiro atoms.